The number of alkyl halides is 8. The Morgan fingerprint density at radius 2 is 1.47 bits per heavy atom. The van der Waals surface area contributed by atoms with Crippen molar-refractivity contribution < 1.29 is 35.1 Å². The lowest BCUT2D eigenvalue weighted by molar-refractivity contribution is -0.354. The predicted octanol–water partition coefficient (Wildman–Crippen LogP) is 3.83. The van der Waals surface area contributed by atoms with Gasteiger partial charge in [-0.25, -0.2) is 0 Å². The Labute approximate surface area is 101 Å². The van der Waals surface area contributed by atoms with E-state index >= 15 is 0 Å². The summed E-state index contributed by atoms with van der Waals surface area (Å²) in [5, 5.41) is 0. The molecule has 0 fully saturated rings. The first kappa shape index (κ1) is 14.0. The average Bonchev–Trinajstić information content (AvgIpc) is 2.76. The lowest BCUT2D eigenvalue weighted by Crippen LogP contribution is -2.66. The zero-order valence-corrected chi connectivity index (χ0v) is 8.91. The molecule has 0 bridgehead atoms. The van der Waals surface area contributed by atoms with Crippen LogP contribution in [0.15, 0.2) is 28.9 Å². The summed E-state index contributed by atoms with van der Waals surface area (Å²) in [4.78, 5) is 3.21. The van der Waals surface area contributed by atoms with E-state index in [1.165, 1.54) is 0 Å². The molecule has 0 aromatic rings. The molecule has 19 heavy (non-hydrogen) atoms. The van der Waals surface area contributed by atoms with Crippen molar-refractivity contribution in [3.63, 3.8) is 0 Å². The third-order valence-corrected chi connectivity index (χ3v) is 2.83. The molecule has 0 saturated heterocycles. The zero-order chi connectivity index (χ0) is 14.7. The Balaban J connectivity index is 2.65. The molecule has 0 atom stereocenters. The number of hydrogen-bond donors (Lipinski definition) is 0. The van der Waals surface area contributed by atoms with Crippen LogP contribution in [-0.2, 0) is 0 Å². The maximum Gasteiger partial charge on any atom is 0.382 e. The van der Waals surface area contributed by atoms with Crippen molar-refractivity contribution in [2.24, 2.45) is 4.99 Å². The average molecular weight is 291 g/mol. The fraction of sp³-hybridized carbons (Fsp3) is 0.500. The van der Waals surface area contributed by atoms with Crippen molar-refractivity contribution >= 4 is 5.71 Å². The highest BCUT2D eigenvalue weighted by Crippen LogP contribution is 2.59. The maximum absolute atomic E-state index is 13.4. The lowest BCUT2D eigenvalue weighted by Gasteiger charge is -2.41. The van der Waals surface area contributed by atoms with Gasteiger partial charge in [-0.1, -0.05) is 6.08 Å². The van der Waals surface area contributed by atoms with Crippen LogP contribution in [0, 0.1) is 0 Å². The summed E-state index contributed by atoms with van der Waals surface area (Å²) in [5.41, 5.74) is -2.64. The highest BCUT2D eigenvalue weighted by Gasteiger charge is 2.83. The molecule has 0 amide bonds. The van der Waals surface area contributed by atoms with E-state index in [4.69, 9.17) is 0 Å². The molecule has 1 nitrogen and oxygen atoms in total. The molecule has 106 valence electrons. The second kappa shape index (κ2) is 3.57. The molecule has 0 spiro atoms. The van der Waals surface area contributed by atoms with E-state index in [1.54, 1.807) is 0 Å². The number of nitrogens with zero attached hydrogens (tertiary/aromatic N) is 1. The first-order chi connectivity index (χ1) is 8.45. The summed E-state index contributed by atoms with van der Waals surface area (Å²) in [7, 11) is 0. The summed E-state index contributed by atoms with van der Waals surface area (Å²) in [6.45, 7) is 0. The SMILES string of the molecule is FC1(F)C=C(C2=NC=CC2)C(F)(F)C(F)(F)C1(F)F. The van der Waals surface area contributed by atoms with Gasteiger partial charge >= 0.3 is 23.7 Å². The predicted molar refractivity (Wildman–Crippen MR) is 49.1 cm³/mol. The van der Waals surface area contributed by atoms with Crippen molar-refractivity contribution in [3.8, 4) is 0 Å². The van der Waals surface area contributed by atoms with E-state index in [0.717, 1.165) is 12.3 Å². The highest BCUT2D eigenvalue weighted by atomic mass is 19.4. The molecule has 0 aromatic carbocycles. The van der Waals surface area contributed by atoms with Gasteiger partial charge in [-0.3, -0.25) is 4.99 Å². The van der Waals surface area contributed by atoms with Crippen molar-refractivity contribution in [1.82, 2.24) is 0 Å². The van der Waals surface area contributed by atoms with Gasteiger partial charge in [0.25, 0.3) is 0 Å². The van der Waals surface area contributed by atoms with Crippen LogP contribution in [0.5, 0.6) is 0 Å². The first-order valence-electron chi connectivity index (χ1n) is 4.92. The summed E-state index contributed by atoms with van der Waals surface area (Å²) < 4.78 is 105. The second-order valence-corrected chi connectivity index (χ2v) is 4.07. The van der Waals surface area contributed by atoms with Crippen LogP contribution in [-0.4, -0.2) is 29.4 Å². The van der Waals surface area contributed by atoms with Gasteiger partial charge in [-0.15, -0.1) is 0 Å². The van der Waals surface area contributed by atoms with Gasteiger partial charge in [0.2, 0.25) is 0 Å². The second-order valence-electron chi connectivity index (χ2n) is 4.07. The standard InChI is InChI=1S/C10H5F8N/c11-7(12)4-5(6-2-1-3-19-6)8(13,14)10(17,18)9(7,15)16/h1,3-4H,2H2. The minimum atomic E-state index is -6.21. The molecule has 0 N–H and O–H groups in total. The van der Waals surface area contributed by atoms with Crippen LogP contribution in [0.1, 0.15) is 6.42 Å². The Morgan fingerprint density at radius 3 is 1.95 bits per heavy atom. The molecule has 0 radical (unpaired) electrons. The largest absolute Gasteiger partial charge is 0.382 e. The van der Waals surface area contributed by atoms with E-state index in [-0.39, 0.29) is 0 Å². The van der Waals surface area contributed by atoms with Crippen LogP contribution < -0.4 is 0 Å². The fourth-order valence-corrected chi connectivity index (χ4v) is 1.74. The van der Waals surface area contributed by atoms with Crippen molar-refractivity contribution in [1.29, 1.82) is 0 Å². The van der Waals surface area contributed by atoms with Gasteiger partial charge < -0.3 is 0 Å². The minimum absolute atomic E-state index is 0.404. The first-order valence-corrected chi connectivity index (χ1v) is 4.92. The molecule has 1 aliphatic carbocycles. The molecule has 0 unspecified atom stereocenters. The number of allylic oxidation sites excluding steroid dienone is 3. The Bertz CT molecular complexity index is 500. The highest BCUT2D eigenvalue weighted by molar-refractivity contribution is 6.04. The molecule has 0 saturated carbocycles. The molecule has 0 aromatic heterocycles. The number of halogens is 8. The van der Waals surface area contributed by atoms with Crippen LogP contribution in [0.25, 0.3) is 0 Å². The Morgan fingerprint density at radius 1 is 0.895 bits per heavy atom. The minimum Gasteiger partial charge on any atom is -0.261 e. The third kappa shape index (κ3) is 1.56. The molecular formula is C10H5F8N. The normalized spacial score (nSPS) is 29.9. The molecule has 1 aliphatic heterocycles. The van der Waals surface area contributed by atoms with Crippen LogP contribution in [0.2, 0.25) is 0 Å². The van der Waals surface area contributed by atoms with E-state index in [0.29, 0.717) is 0 Å². The van der Waals surface area contributed by atoms with Gasteiger partial charge in [0.1, 0.15) is 0 Å². The van der Waals surface area contributed by atoms with E-state index in [2.05, 4.69) is 4.99 Å². The Hall–Kier alpha value is -1.41. The smallest absolute Gasteiger partial charge is 0.261 e. The zero-order valence-electron chi connectivity index (χ0n) is 8.91. The van der Waals surface area contributed by atoms with Gasteiger partial charge in [0, 0.05) is 18.7 Å². The van der Waals surface area contributed by atoms with Crippen molar-refractivity contribution in [2.45, 2.75) is 30.1 Å². The summed E-state index contributed by atoms with van der Waals surface area (Å²) in [5.74, 6) is -23.2. The fourth-order valence-electron chi connectivity index (χ4n) is 1.74. The lowest BCUT2D eigenvalue weighted by atomic mass is 9.83. The summed E-state index contributed by atoms with van der Waals surface area (Å²) in [6.07, 6.45) is 0.861. The quantitative estimate of drug-likeness (QED) is 0.651. The van der Waals surface area contributed by atoms with Gasteiger partial charge in [-0.2, -0.15) is 35.1 Å². The van der Waals surface area contributed by atoms with Crippen molar-refractivity contribution in [3.05, 3.63) is 23.9 Å². The van der Waals surface area contributed by atoms with Crippen molar-refractivity contribution in [2.75, 3.05) is 0 Å². The number of hydrogen-bond acceptors (Lipinski definition) is 1. The molecule has 1 heterocycles. The summed E-state index contributed by atoms with van der Waals surface area (Å²) >= 11 is 0. The van der Waals surface area contributed by atoms with Gasteiger partial charge in [-0.05, 0) is 0 Å². The Kier molecular flexibility index (Phi) is 2.63. The van der Waals surface area contributed by atoms with Gasteiger partial charge in [0.15, 0.2) is 0 Å². The topological polar surface area (TPSA) is 12.4 Å². The van der Waals surface area contributed by atoms with Crippen LogP contribution in [0.3, 0.4) is 0 Å². The number of rotatable bonds is 1. The van der Waals surface area contributed by atoms with Gasteiger partial charge in [0.05, 0.1) is 11.3 Å². The van der Waals surface area contributed by atoms with E-state index in [9.17, 15) is 35.1 Å². The molecule has 2 aliphatic rings. The maximum atomic E-state index is 13.4. The number of aliphatic imine (C=N–C) groups is 1. The van der Waals surface area contributed by atoms with Crippen LogP contribution >= 0.6 is 0 Å². The molecule has 2 rings (SSSR count). The molecular weight excluding hydrogens is 286 g/mol. The monoisotopic (exact) mass is 291 g/mol. The molecule has 9 heteroatoms. The summed E-state index contributed by atoms with van der Waals surface area (Å²) in [6, 6.07) is 0. The third-order valence-electron chi connectivity index (χ3n) is 2.83. The van der Waals surface area contributed by atoms with E-state index < -0.39 is 47.5 Å². The van der Waals surface area contributed by atoms with E-state index in [1.807, 2.05) is 0 Å². The van der Waals surface area contributed by atoms with Crippen LogP contribution in [0.4, 0.5) is 35.1 Å².